The van der Waals surface area contributed by atoms with Crippen molar-refractivity contribution in [2.24, 2.45) is 5.73 Å². The molecule has 15 heavy (non-hydrogen) atoms. The van der Waals surface area contributed by atoms with Crippen molar-refractivity contribution in [2.45, 2.75) is 45.1 Å². The van der Waals surface area contributed by atoms with Gasteiger partial charge in [0.15, 0.2) is 0 Å². The highest BCUT2D eigenvalue weighted by atomic mass is 32.2. The van der Waals surface area contributed by atoms with Gasteiger partial charge in [0.2, 0.25) is 5.91 Å². The predicted octanol–water partition coefficient (Wildman–Crippen LogP) is 1.76. The number of primary amides is 1. The topological polar surface area (TPSA) is 55.1 Å². The second-order valence-corrected chi connectivity index (χ2v) is 5.24. The van der Waals surface area contributed by atoms with Crippen LogP contribution in [0.3, 0.4) is 0 Å². The quantitative estimate of drug-likeness (QED) is 0.596. The van der Waals surface area contributed by atoms with Crippen molar-refractivity contribution >= 4 is 17.7 Å². The van der Waals surface area contributed by atoms with Crippen LogP contribution in [0.15, 0.2) is 0 Å². The number of unbranched alkanes of at least 4 members (excludes halogenated alkanes) is 2. The van der Waals surface area contributed by atoms with E-state index in [4.69, 9.17) is 5.73 Å². The molecule has 0 rings (SSSR count). The summed E-state index contributed by atoms with van der Waals surface area (Å²) in [6.07, 6.45) is 4.63. The Bertz CT molecular complexity index is 187. The van der Waals surface area contributed by atoms with E-state index in [0.29, 0.717) is 0 Å². The second-order valence-electron chi connectivity index (χ2n) is 4.02. The molecule has 3 N–H and O–H groups in total. The van der Waals surface area contributed by atoms with E-state index in [0.717, 1.165) is 12.2 Å². The first kappa shape index (κ1) is 14.8. The largest absolute Gasteiger partial charge is 0.368 e. The number of thioether (sulfide) groups is 1. The summed E-state index contributed by atoms with van der Waals surface area (Å²) >= 11 is 1.91. The Morgan fingerprint density at radius 3 is 2.53 bits per heavy atom. The summed E-state index contributed by atoms with van der Waals surface area (Å²) in [5.41, 5.74) is 4.79. The summed E-state index contributed by atoms with van der Waals surface area (Å²) in [6.45, 7) is 4.07. The van der Waals surface area contributed by atoms with Crippen molar-refractivity contribution in [3.8, 4) is 0 Å². The molecule has 0 aromatic rings. The van der Waals surface area contributed by atoms with E-state index in [1.54, 1.807) is 7.05 Å². The van der Waals surface area contributed by atoms with E-state index in [9.17, 15) is 4.79 Å². The molecule has 0 aromatic carbocycles. The first-order valence-electron chi connectivity index (χ1n) is 5.63. The van der Waals surface area contributed by atoms with Crippen LogP contribution in [0, 0.1) is 0 Å². The molecular formula is C11H24N2OS. The van der Waals surface area contributed by atoms with Crippen LogP contribution >= 0.6 is 11.8 Å². The SMILES string of the molecule is CCCCCSCCC(C)(NC)C(N)=O. The molecule has 0 radical (unpaired) electrons. The lowest BCUT2D eigenvalue weighted by atomic mass is 9.99. The van der Waals surface area contributed by atoms with Gasteiger partial charge in [-0.15, -0.1) is 0 Å². The van der Waals surface area contributed by atoms with Gasteiger partial charge in [-0.05, 0) is 38.3 Å². The number of nitrogens with one attached hydrogen (secondary N) is 1. The van der Waals surface area contributed by atoms with Crippen molar-refractivity contribution in [2.75, 3.05) is 18.6 Å². The fourth-order valence-corrected chi connectivity index (χ4v) is 2.37. The third kappa shape index (κ3) is 6.05. The maximum atomic E-state index is 11.2. The van der Waals surface area contributed by atoms with Gasteiger partial charge in [0, 0.05) is 0 Å². The van der Waals surface area contributed by atoms with Gasteiger partial charge in [-0.1, -0.05) is 19.8 Å². The molecule has 0 aromatic heterocycles. The van der Waals surface area contributed by atoms with Gasteiger partial charge in [-0.3, -0.25) is 4.79 Å². The molecule has 0 spiro atoms. The van der Waals surface area contributed by atoms with E-state index in [2.05, 4.69) is 12.2 Å². The van der Waals surface area contributed by atoms with Crippen molar-refractivity contribution in [1.29, 1.82) is 0 Å². The molecule has 0 bridgehead atoms. The third-order valence-corrected chi connectivity index (χ3v) is 3.80. The maximum Gasteiger partial charge on any atom is 0.237 e. The number of rotatable bonds is 9. The summed E-state index contributed by atoms with van der Waals surface area (Å²) in [6, 6.07) is 0. The molecule has 1 unspecified atom stereocenters. The molecule has 0 aliphatic rings. The molecule has 90 valence electrons. The van der Waals surface area contributed by atoms with Crippen molar-refractivity contribution in [1.82, 2.24) is 5.32 Å². The summed E-state index contributed by atoms with van der Waals surface area (Å²) in [7, 11) is 1.78. The Labute approximate surface area is 97.6 Å². The van der Waals surface area contributed by atoms with Crippen LogP contribution in [-0.4, -0.2) is 30.0 Å². The van der Waals surface area contributed by atoms with E-state index >= 15 is 0 Å². The highest BCUT2D eigenvalue weighted by molar-refractivity contribution is 7.99. The minimum atomic E-state index is -0.544. The highest BCUT2D eigenvalue weighted by Gasteiger charge is 2.27. The molecular weight excluding hydrogens is 208 g/mol. The number of nitrogens with two attached hydrogens (primary N) is 1. The minimum absolute atomic E-state index is 0.265. The van der Waals surface area contributed by atoms with Crippen LogP contribution in [0.2, 0.25) is 0 Å². The Balaban J connectivity index is 3.60. The van der Waals surface area contributed by atoms with Crippen molar-refractivity contribution in [3.63, 3.8) is 0 Å². The van der Waals surface area contributed by atoms with E-state index in [1.165, 1.54) is 25.0 Å². The molecule has 1 atom stereocenters. The van der Waals surface area contributed by atoms with E-state index in [1.807, 2.05) is 18.7 Å². The minimum Gasteiger partial charge on any atom is -0.368 e. The number of likely N-dealkylation sites (N-methyl/N-ethyl adjacent to an activating group) is 1. The van der Waals surface area contributed by atoms with Gasteiger partial charge < -0.3 is 11.1 Å². The van der Waals surface area contributed by atoms with Gasteiger partial charge >= 0.3 is 0 Å². The predicted molar refractivity (Wildman–Crippen MR) is 68.1 cm³/mol. The summed E-state index contributed by atoms with van der Waals surface area (Å²) in [5.74, 6) is 1.91. The molecule has 0 saturated heterocycles. The van der Waals surface area contributed by atoms with Crippen LogP contribution in [0.4, 0.5) is 0 Å². The Morgan fingerprint density at radius 1 is 1.40 bits per heavy atom. The summed E-state index contributed by atoms with van der Waals surface area (Å²) < 4.78 is 0. The van der Waals surface area contributed by atoms with Gasteiger partial charge in [0.25, 0.3) is 0 Å². The fraction of sp³-hybridized carbons (Fsp3) is 0.909. The molecule has 0 heterocycles. The standard InChI is InChI=1S/C11H24N2OS/c1-4-5-6-8-15-9-7-11(2,13-3)10(12)14/h13H,4-9H2,1-3H3,(H2,12,14). The molecule has 0 fully saturated rings. The van der Waals surface area contributed by atoms with Crippen molar-refractivity contribution in [3.05, 3.63) is 0 Å². The third-order valence-electron chi connectivity index (χ3n) is 2.73. The van der Waals surface area contributed by atoms with Crippen LogP contribution < -0.4 is 11.1 Å². The van der Waals surface area contributed by atoms with Gasteiger partial charge in [0.05, 0.1) is 5.54 Å². The number of carbonyl (C=O) groups is 1. The highest BCUT2D eigenvalue weighted by Crippen LogP contribution is 2.14. The lowest BCUT2D eigenvalue weighted by Gasteiger charge is -2.25. The lowest BCUT2D eigenvalue weighted by Crippen LogP contribution is -2.51. The van der Waals surface area contributed by atoms with E-state index in [-0.39, 0.29) is 5.91 Å². The first-order valence-corrected chi connectivity index (χ1v) is 6.79. The average Bonchev–Trinajstić information content (AvgIpc) is 2.22. The zero-order valence-corrected chi connectivity index (χ0v) is 11.0. The monoisotopic (exact) mass is 232 g/mol. The summed E-state index contributed by atoms with van der Waals surface area (Å²) in [5, 5.41) is 2.99. The number of hydrogen-bond donors (Lipinski definition) is 2. The fourth-order valence-electron chi connectivity index (χ4n) is 1.20. The Hall–Kier alpha value is -0.220. The average molecular weight is 232 g/mol. The normalized spacial score (nSPS) is 14.9. The van der Waals surface area contributed by atoms with Gasteiger partial charge in [-0.2, -0.15) is 11.8 Å². The van der Waals surface area contributed by atoms with Gasteiger partial charge in [0.1, 0.15) is 0 Å². The van der Waals surface area contributed by atoms with Crippen LogP contribution in [-0.2, 0) is 4.79 Å². The van der Waals surface area contributed by atoms with Crippen LogP contribution in [0.5, 0.6) is 0 Å². The zero-order valence-electron chi connectivity index (χ0n) is 10.1. The Morgan fingerprint density at radius 2 is 2.07 bits per heavy atom. The van der Waals surface area contributed by atoms with Crippen molar-refractivity contribution < 1.29 is 4.79 Å². The Kier molecular flexibility index (Phi) is 7.88. The molecule has 0 aliphatic carbocycles. The molecule has 0 aliphatic heterocycles. The lowest BCUT2D eigenvalue weighted by molar-refractivity contribution is -0.123. The molecule has 0 saturated carbocycles. The molecule has 1 amide bonds. The second kappa shape index (κ2) is 7.99. The number of carbonyl (C=O) groups excluding carboxylic acids is 1. The summed E-state index contributed by atoms with van der Waals surface area (Å²) in [4.78, 5) is 11.2. The van der Waals surface area contributed by atoms with E-state index < -0.39 is 5.54 Å². The smallest absolute Gasteiger partial charge is 0.237 e. The maximum absolute atomic E-state index is 11.2. The molecule has 3 nitrogen and oxygen atoms in total. The van der Waals surface area contributed by atoms with Crippen LogP contribution in [0.1, 0.15) is 39.5 Å². The number of amides is 1. The molecule has 4 heteroatoms. The van der Waals surface area contributed by atoms with Gasteiger partial charge in [-0.25, -0.2) is 0 Å². The van der Waals surface area contributed by atoms with Crippen LogP contribution in [0.25, 0.3) is 0 Å². The zero-order chi connectivity index (χ0) is 11.7. The number of hydrogen-bond acceptors (Lipinski definition) is 3. The first-order chi connectivity index (χ1) is 7.06.